The molecule has 0 aromatic carbocycles. The van der Waals surface area contributed by atoms with Gasteiger partial charge in [0.15, 0.2) is 0 Å². The van der Waals surface area contributed by atoms with Gasteiger partial charge in [-0.15, -0.1) is 0 Å². The van der Waals surface area contributed by atoms with E-state index in [4.69, 9.17) is 9.72 Å². The maximum absolute atomic E-state index is 12.3. The van der Waals surface area contributed by atoms with E-state index in [1.165, 1.54) is 0 Å². The van der Waals surface area contributed by atoms with Gasteiger partial charge in [0, 0.05) is 45.2 Å². The fourth-order valence-electron chi connectivity index (χ4n) is 3.34. The molecule has 3 heterocycles. The summed E-state index contributed by atoms with van der Waals surface area (Å²) >= 11 is 0. The molecular formula is C17H29N5O2. The third kappa shape index (κ3) is 4.55. The predicted octanol–water partition coefficient (Wildman–Crippen LogP) is 0.00670. The van der Waals surface area contributed by atoms with Crippen LogP contribution in [0.3, 0.4) is 0 Å². The van der Waals surface area contributed by atoms with Gasteiger partial charge in [-0.1, -0.05) is 0 Å². The number of anilines is 1. The van der Waals surface area contributed by atoms with Gasteiger partial charge < -0.3 is 15.0 Å². The Bertz CT molecular complexity index is 583. The van der Waals surface area contributed by atoms with E-state index in [-0.39, 0.29) is 5.56 Å². The molecule has 0 unspecified atom stereocenters. The summed E-state index contributed by atoms with van der Waals surface area (Å²) in [6, 6.07) is 0. The van der Waals surface area contributed by atoms with Crippen molar-refractivity contribution in [3.05, 3.63) is 21.6 Å². The Kier molecular flexibility index (Phi) is 6.23. The maximum atomic E-state index is 12.3. The molecule has 7 nitrogen and oxygen atoms in total. The third-order valence-corrected chi connectivity index (χ3v) is 4.86. The van der Waals surface area contributed by atoms with Gasteiger partial charge in [-0.3, -0.25) is 14.7 Å². The number of aromatic amines is 1. The molecular weight excluding hydrogens is 306 g/mol. The van der Waals surface area contributed by atoms with E-state index in [0.29, 0.717) is 5.95 Å². The minimum Gasteiger partial charge on any atom is -0.379 e. The van der Waals surface area contributed by atoms with Crippen molar-refractivity contribution >= 4 is 5.95 Å². The second-order valence-electron chi connectivity index (χ2n) is 6.65. The molecule has 7 heteroatoms. The number of nitrogens with zero attached hydrogens (tertiary/aromatic N) is 3. The molecule has 2 N–H and O–H groups in total. The van der Waals surface area contributed by atoms with Crippen LogP contribution in [0.15, 0.2) is 4.79 Å². The van der Waals surface area contributed by atoms with Gasteiger partial charge in [-0.25, -0.2) is 4.98 Å². The Morgan fingerprint density at radius 2 is 2.00 bits per heavy atom. The number of rotatable bonds is 6. The molecule has 2 aliphatic heterocycles. The quantitative estimate of drug-likeness (QED) is 0.714. The summed E-state index contributed by atoms with van der Waals surface area (Å²) in [6.07, 6.45) is 3.85. The Morgan fingerprint density at radius 3 is 2.83 bits per heavy atom. The molecule has 0 amide bonds. The number of ether oxygens (including phenoxy) is 1. The summed E-state index contributed by atoms with van der Waals surface area (Å²) < 4.78 is 5.37. The van der Waals surface area contributed by atoms with E-state index in [2.05, 4.69) is 20.1 Å². The summed E-state index contributed by atoms with van der Waals surface area (Å²) in [7, 11) is 2.01. The Hall–Kier alpha value is -1.44. The molecule has 0 radical (unpaired) electrons. The standard InChI is InChI=1S/C17H29N5O2/c1-21(8-2-3-9-22-10-12-24-13-11-22)17-19-15-5-7-18-6-4-14(15)16(23)20-17/h18H,2-13H2,1H3,(H,19,20,23). The molecule has 1 aromatic heterocycles. The highest BCUT2D eigenvalue weighted by molar-refractivity contribution is 5.33. The number of aromatic nitrogens is 2. The lowest BCUT2D eigenvalue weighted by Gasteiger charge is -2.26. The number of hydrogen-bond acceptors (Lipinski definition) is 6. The lowest BCUT2D eigenvalue weighted by molar-refractivity contribution is 0.0372. The molecule has 2 aliphatic rings. The van der Waals surface area contributed by atoms with Crippen molar-refractivity contribution in [3.63, 3.8) is 0 Å². The van der Waals surface area contributed by atoms with Crippen LogP contribution in [-0.2, 0) is 17.6 Å². The first-order valence-corrected chi connectivity index (χ1v) is 9.08. The zero-order chi connectivity index (χ0) is 16.8. The van der Waals surface area contributed by atoms with Crippen molar-refractivity contribution in [2.45, 2.75) is 25.7 Å². The van der Waals surface area contributed by atoms with Crippen LogP contribution < -0.4 is 15.8 Å². The van der Waals surface area contributed by atoms with Crippen LogP contribution in [0.4, 0.5) is 5.95 Å². The predicted molar refractivity (Wildman–Crippen MR) is 94.9 cm³/mol. The van der Waals surface area contributed by atoms with Crippen molar-refractivity contribution in [3.8, 4) is 0 Å². The van der Waals surface area contributed by atoms with Gasteiger partial charge in [0.25, 0.3) is 5.56 Å². The van der Waals surface area contributed by atoms with Crippen molar-refractivity contribution < 1.29 is 4.74 Å². The third-order valence-electron chi connectivity index (χ3n) is 4.86. The van der Waals surface area contributed by atoms with Crippen molar-refractivity contribution in [2.75, 3.05) is 64.4 Å². The second-order valence-corrected chi connectivity index (χ2v) is 6.65. The van der Waals surface area contributed by atoms with E-state index in [0.717, 1.165) is 89.4 Å². The summed E-state index contributed by atoms with van der Waals surface area (Å²) in [6.45, 7) is 7.58. The SMILES string of the molecule is CN(CCCCN1CCOCC1)c1nc2c(c(=O)[nH]1)CCNCC2. The molecule has 3 rings (SSSR count). The van der Waals surface area contributed by atoms with E-state index in [9.17, 15) is 4.79 Å². The first kappa shape index (κ1) is 17.4. The van der Waals surface area contributed by atoms with Crippen LogP contribution in [0, 0.1) is 0 Å². The normalized spacial score (nSPS) is 18.9. The molecule has 1 fully saturated rings. The Morgan fingerprint density at radius 1 is 1.21 bits per heavy atom. The fraction of sp³-hybridized carbons (Fsp3) is 0.765. The second kappa shape index (κ2) is 8.60. The zero-order valence-electron chi connectivity index (χ0n) is 14.6. The van der Waals surface area contributed by atoms with Gasteiger partial charge in [0.2, 0.25) is 5.95 Å². The highest BCUT2D eigenvalue weighted by Crippen LogP contribution is 2.11. The first-order chi connectivity index (χ1) is 11.7. The van der Waals surface area contributed by atoms with Gasteiger partial charge in [-0.2, -0.15) is 0 Å². The number of morpholine rings is 1. The highest BCUT2D eigenvalue weighted by atomic mass is 16.5. The average molecular weight is 335 g/mol. The molecule has 0 saturated carbocycles. The summed E-state index contributed by atoms with van der Waals surface area (Å²) in [5.74, 6) is 0.701. The molecule has 1 saturated heterocycles. The monoisotopic (exact) mass is 335 g/mol. The number of fused-ring (bicyclic) bond motifs is 1. The first-order valence-electron chi connectivity index (χ1n) is 9.08. The molecule has 0 aliphatic carbocycles. The van der Waals surface area contributed by atoms with Crippen LogP contribution >= 0.6 is 0 Å². The van der Waals surface area contributed by atoms with E-state index >= 15 is 0 Å². The van der Waals surface area contributed by atoms with E-state index in [1.807, 2.05) is 7.05 Å². The van der Waals surface area contributed by atoms with Crippen LogP contribution in [-0.4, -0.2) is 74.4 Å². The van der Waals surface area contributed by atoms with Gasteiger partial charge in [-0.05, 0) is 32.4 Å². The largest absolute Gasteiger partial charge is 0.379 e. The molecule has 1 aromatic rings. The Balaban J connectivity index is 1.51. The highest BCUT2D eigenvalue weighted by Gasteiger charge is 2.16. The van der Waals surface area contributed by atoms with Gasteiger partial charge in [0.1, 0.15) is 0 Å². The summed E-state index contributed by atoms with van der Waals surface area (Å²) in [5.41, 5.74) is 1.84. The van der Waals surface area contributed by atoms with Gasteiger partial charge in [0.05, 0.1) is 18.9 Å². The minimum atomic E-state index is 0.0267. The number of hydrogen-bond donors (Lipinski definition) is 2. The van der Waals surface area contributed by atoms with Crippen LogP contribution in [0.25, 0.3) is 0 Å². The minimum absolute atomic E-state index is 0.0267. The van der Waals surface area contributed by atoms with Crippen molar-refractivity contribution in [1.29, 1.82) is 0 Å². The molecule has 134 valence electrons. The van der Waals surface area contributed by atoms with Crippen LogP contribution in [0.2, 0.25) is 0 Å². The van der Waals surface area contributed by atoms with E-state index < -0.39 is 0 Å². The van der Waals surface area contributed by atoms with Crippen LogP contribution in [0.1, 0.15) is 24.1 Å². The average Bonchev–Trinajstić information content (AvgIpc) is 2.85. The van der Waals surface area contributed by atoms with Crippen molar-refractivity contribution in [2.24, 2.45) is 0 Å². The van der Waals surface area contributed by atoms with Crippen molar-refractivity contribution in [1.82, 2.24) is 20.2 Å². The molecule has 0 spiro atoms. The lowest BCUT2D eigenvalue weighted by Crippen LogP contribution is -2.37. The van der Waals surface area contributed by atoms with Crippen LogP contribution in [0.5, 0.6) is 0 Å². The molecule has 0 atom stereocenters. The zero-order valence-corrected chi connectivity index (χ0v) is 14.6. The number of H-pyrrole nitrogens is 1. The lowest BCUT2D eigenvalue weighted by atomic mass is 10.1. The van der Waals surface area contributed by atoms with E-state index in [1.54, 1.807) is 0 Å². The number of unbranched alkanes of at least 4 members (excludes halogenated alkanes) is 1. The topological polar surface area (TPSA) is 73.5 Å². The Labute approximate surface area is 143 Å². The van der Waals surface area contributed by atoms with Gasteiger partial charge >= 0.3 is 0 Å². The molecule has 0 bridgehead atoms. The number of nitrogens with one attached hydrogen (secondary N) is 2. The molecule has 24 heavy (non-hydrogen) atoms. The maximum Gasteiger partial charge on any atom is 0.255 e. The summed E-state index contributed by atoms with van der Waals surface area (Å²) in [4.78, 5) is 24.5. The smallest absolute Gasteiger partial charge is 0.255 e. The summed E-state index contributed by atoms with van der Waals surface area (Å²) in [5, 5.41) is 3.32. The fourth-order valence-corrected chi connectivity index (χ4v) is 3.34.